The quantitative estimate of drug-likeness (QED) is 0.354. The van der Waals surface area contributed by atoms with Crippen molar-refractivity contribution >= 4 is 17.7 Å². The minimum absolute atomic E-state index is 0.374. The van der Waals surface area contributed by atoms with Crippen LogP contribution in [0.1, 0.15) is 20.3 Å². The number of hydrogen-bond acceptors (Lipinski definition) is 5. The van der Waals surface area contributed by atoms with Gasteiger partial charge in [-0.1, -0.05) is 6.92 Å². The van der Waals surface area contributed by atoms with E-state index in [0.29, 0.717) is 6.42 Å². The summed E-state index contributed by atoms with van der Waals surface area (Å²) in [6, 6.07) is 0. The van der Waals surface area contributed by atoms with Gasteiger partial charge in [0.1, 0.15) is 0 Å². The first kappa shape index (κ1) is 11.6. The van der Waals surface area contributed by atoms with Crippen molar-refractivity contribution in [2.24, 2.45) is 0 Å². The van der Waals surface area contributed by atoms with Crippen molar-refractivity contribution in [2.75, 3.05) is 7.11 Å². The zero-order valence-electron chi connectivity index (χ0n) is 7.83. The topological polar surface area (TPSA) is 69.7 Å². The van der Waals surface area contributed by atoms with Gasteiger partial charge in [-0.3, -0.25) is 4.79 Å². The van der Waals surface area contributed by atoms with Gasteiger partial charge in [0.25, 0.3) is 0 Å². The molecule has 1 unspecified atom stereocenters. The summed E-state index contributed by atoms with van der Waals surface area (Å²) in [5.74, 6) is -3.64. The number of ketones is 1. The van der Waals surface area contributed by atoms with E-state index in [1.54, 1.807) is 13.8 Å². The first-order valence-corrected chi connectivity index (χ1v) is 3.86. The molecular formula is C8H12O5. The molecule has 13 heavy (non-hydrogen) atoms. The number of ether oxygens (including phenoxy) is 2. The smallest absolute Gasteiger partial charge is 0.387 e. The lowest BCUT2D eigenvalue weighted by Crippen LogP contribution is -2.29. The van der Waals surface area contributed by atoms with Gasteiger partial charge in [0.15, 0.2) is 0 Å². The molecule has 0 aromatic heterocycles. The van der Waals surface area contributed by atoms with Gasteiger partial charge in [-0.2, -0.15) is 0 Å². The maximum atomic E-state index is 10.8. The lowest BCUT2D eigenvalue weighted by molar-refractivity contribution is -0.165. The van der Waals surface area contributed by atoms with E-state index in [-0.39, 0.29) is 6.10 Å². The molecule has 0 rings (SSSR count). The van der Waals surface area contributed by atoms with Gasteiger partial charge >= 0.3 is 17.7 Å². The molecule has 0 saturated heterocycles. The Morgan fingerprint density at radius 2 is 1.77 bits per heavy atom. The minimum Gasteiger partial charge on any atom is -0.463 e. The van der Waals surface area contributed by atoms with Crippen LogP contribution in [0, 0.1) is 0 Å². The van der Waals surface area contributed by atoms with Crippen molar-refractivity contribution < 1.29 is 23.9 Å². The van der Waals surface area contributed by atoms with Crippen molar-refractivity contribution in [3.05, 3.63) is 0 Å². The minimum atomic E-state index is -1.28. The molecule has 0 saturated carbocycles. The monoisotopic (exact) mass is 188 g/mol. The normalized spacial score (nSPS) is 11.6. The van der Waals surface area contributed by atoms with Gasteiger partial charge in [-0.05, 0) is 13.3 Å². The molecular weight excluding hydrogens is 176 g/mol. The molecule has 0 spiro atoms. The molecule has 0 aliphatic carbocycles. The predicted molar refractivity (Wildman–Crippen MR) is 42.9 cm³/mol. The van der Waals surface area contributed by atoms with E-state index in [2.05, 4.69) is 9.47 Å². The third kappa shape index (κ3) is 3.68. The Hall–Kier alpha value is -1.39. The summed E-state index contributed by atoms with van der Waals surface area (Å²) in [6.45, 7) is 3.42. The number of carbonyl (C=O) groups excluding carboxylic acids is 3. The number of rotatable bonds is 4. The Labute approximate surface area is 76.0 Å². The standard InChI is InChI=1S/C8H12O5/c1-4-5(2)13-8(11)6(9)7(10)12-3/h5H,4H2,1-3H3. The lowest BCUT2D eigenvalue weighted by atomic mass is 10.3. The van der Waals surface area contributed by atoms with Crippen LogP contribution < -0.4 is 0 Å². The third-order valence-corrected chi connectivity index (χ3v) is 1.44. The fraction of sp³-hybridized carbons (Fsp3) is 0.625. The first-order valence-electron chi connectivity index (χ1n) is 3.86. The summed E-state index contributed by atoms with van der Waals surface area (Å²) >= 11 is 0. The molecule has 0 heterocycles. The maximum Gasteiger partial charge on any atom is 0.387 e. The van der Waals surface area contributed by atoms with Crippen LogP contribution in [0.3, 0.4) is 0 Å². The molecule has 1 atom stereocenters. The molecule has 0 amide bonds. The molecule has 0 aliphatic heterocycles. The SMILES string of the molecule is CCC(C)OC(=O)C(=O)C(=O)OC. The summed E-state index contributed by atoms with van der Waals surface area (Å²) in [7, 11) is 1.02. The van der Waals surface area contributed by atoms with Crippen molar-refractivity contribution in [1.29, 1.82) is 0 Å². The number of methoxy groups -OCH3 is 1. The van der Waals surface area contributed by atoms with Gasteiger partial charge in [0.05, 0.1) is 13.2 Å². The Kier molecular flexibility index (Phi) is 4.72. The molecule has 5 nitrogen and oxygen atoms in total. The lowest BCUT2D eigenvalue weighted by Gasteiger charge is -2.08. The van der Waals surface area contributed by atoms with Crippen molar-refractivity contribution in [1.82, 2.24) is 0 Å². The number of esters is 2. The highest BCUT2D eigenvalue weighted by atomic mass is 16.6. The fourth-order valence-electron chi connectivity index (χ4n) is 0.496. The van der Waals surface area contributed by atoms with Gasteiger partial charge in [-0.15, -0.1) is 0 Å². The Morgan fingerprint density at radius 3 is 2.15 bits per heavy atom. The summed E-state index contributed by atoms with van der Waals surface area (Å²) in [5.41, 5.74) is 0. The van der Waals surface area contributed by atoms with Crippen molar-refractivity contribution in [3.8, 4) is 0 Å². The van der Waals surface area contributed by atoms with Crippen molar-refractivity contribution in [3.63, 3.8) is 0 Å². The van der Waals surface area contributed by atoms with E-state index >= 15 is 0 Å². The van der Waals surface area contributed by atoms with Gasteiger partial charge in [0, 0.05) is 0 Å². The van der Waals surface area contributed by atoms with Crippen LogP contribution in [-0.2, 0) is 23.9 Å². The highest BCUT2D eigenvalue weighted by molar-refractivity contribution is 6.60. The fourth-order valence-corrected chi connectivity index (χ4v) is 0.496. The number of Topliss-reactive ketones (excluding diaryl/α,β-unsaturated/α-hetero) is 1. The molecule has 0 aliphatic rings. The molecule has 74 valence electrons. The predicted octanol–water partition coefficient (Wildman–Crippen LogP) is 0.0702. The highest BCUT2D eigenvalue weighted by Crippen LogP contribution is 1.97. The van der Waals surface area contributed by atoms with E-state index in [1.165, 1.54) is 0 Å². The summed E-state index contributed by atoms with van der Waals surface area (Å²) in [6.07, 6.45) is 0.210. The van der Waals surface area contributed by atoms with Crippen LogP contribution in [0.4, 0.5) is 0 Å². The molecule has 0 aromatic rings. The number of hydrogen-bond donors (Lipinski definition) is 0. The molecule has 0 fully saturated rings. The van der Waals surface area contributed by atoms with Gasteiger partial charge in [0.2, 0.25) is 0 Å². The van der Waals surface area contributed by atoms with E-state index in [4.69, 9.17) is 0 Å². The van der Waals surface area contributed by atoms with E-state index in [1.807, 2.05) is 0 Å². The van der Waals surface area contributed by atoms with Crippen LogP contribution in [0.2, 0.25) is 0 Å². The molecule has 0 radical (unpaired) electrons. The first-order chi connectivity index (χ1) is 6.02. The molecule has 0 bridgehead atoms. The second-order valence-corrected chi connectivity index (χ2v) is 2.44. The molecule has 5 heteroatoms. The summed E-state index contributed by atoms with van der Waals surface area (Å²) in [5, 5.41) is 0. The largest absolute Gasteiger partial charge is 0.463 e. The van der Waals surface area contributed by atoms with Crippen LogP contribution in [0.5, 0.6) is 0 Å². The second-order valence-electron chi connectivity index (χ2n) is 2.44. The third-order valence-electron chi connectivity index (χ3n) is 1.44. The average Bonchev–Trinajstić information content (AvgIpc) is 2.14. The zero-order valence-corrected chi connectivity index (χ0v) is 7.83. The van der Waals surface area contributed by atoms with E-state index in [0.717, 1.165) is 7.11 Å². The Balaban J connectivity index is 4.12. The average molecular weight is 188 g/mol. The molecule has 0 aromatic carbocycles. The van der Waals surface area contributed by atoms with E-state index in [9.17, 15) is 14.4 Å². The number of carbonyl (C=O) groups is 3. The van der Waals surface area contributed by atoms with Crippen molar-refractivity contribution in [2.45, 2.75) is 26.4 Å². The summed E-state index contributed by atoms with van der Waals surface area (Å²) < 4.78 is 8.65. The van der Waals surface area contributed by atoms with Crippen LogP contribution >= 0.6 is 0 Å². The second kappa shape index (κ2) is 5.29. The highest BCUT2D eigenvalue weighted by Gasteiger charge is 2.26. The Morgan fingerprint density at radius 1 is 1.23 bits per heavy atom. The van der Waals surface area contributed by atoms with Gasteiger partial charge < -0.3 is 9.47 Å². The van der Waals surface area contributed by atoms with Gasteiger partial charge in [-0.25, -0.2) is 9.59 Å². The Bertz CT molecular complexity index is 221. The zero-order chi connectivity index (χ0) is 10.4. The van der Waals surface area contributed by atoms with Crippen LogP contribution in [0.15, 0.2) is 0 Å². The maximum absolute atomic E-state index is 10.8. The summed E-state index contributed by atoms with van der Waals surface area (Å²) in [4.78, 5) is 32.2. The molecule has 0 N–H and O–H groups in total. The van der Waals surface area contributed by atoms with E-state index < -0.39 is 17.7 Å². The van der Waals surface area contributed by atoms with Crippen LogP contribution in [-0.4, -0.2) is 30.9 Å². The van der Waals surface area contributed by atoms with Crippen LogP contribution in [0.25, 0.3) is 0 Å².